The van der Waals surface area contributed by atoms with Gasteiger partial charge in [0.2, 0.25) is 35.4 Å². The molecule has 0 saturated carbocycles. The van der Waals surface area contributed by atoms with Gasteiger partial charge in [-0.2, -0.15) is 0 Å². The second-order valence-electron chi connectivity index (χ2n) is 14.2. The number of hydrogen-bond acceptors (Lipinski definition) is 11. The van der Waals surface area contributed by atoms with Crippen LogP contribution in [-0.4, -0.2) is 128 Å². The Morgan fingerprint density at radius 2 is 1.23 bits per heavy atom. The van der Waals surface area contributed by atoms with Crippen LogP contribution in [0.5, 0.6) is 28.7 Å². The Kier molecular flexibility index (Phi) is 12.1. The number of aliphatic hydroxyl groups excluding tert-OH is 1. The van der Waals surface area contributed by atoms with Gasteiger partial charge < -0.3 is 55.8 Å². The summed E-state index contributed by atoms with van der Waals surface area (Å²) in [5.41, 5.74) is 0.982. The summed E-state index contributed by atoms with van der Waals surface area (Å²) in [4.78, 5) is 87.1. The first-order valence-corrected chi connectivity index (χ1v) is 17.9. The number of hydrogen-bond donors (Lipinski definition) is 7. The molecule has 1 saturated heterocycles. The summed E-state index contributed by atoms with van der Waals surface area (Å²) in [6.45, 7) is 4.12. The fraction of sp³-hybridized carbons (Fsp3) is 0.385. The number of rotatable bonds is 2. The van der Waals surface area contributed by atoms with Gasteiger partial charge in [0.05, 0.1) is 0 Å². The SMILES string of the molecule is C[C@@H]1NC(=O)[C@H](Cc2ccc(O)c(O)c2)N(C)C(=O)[C@H](C)NC(=O)[C@@H](C)NC(=O)[C@@H]2Cc3ccc(O)c(c3)Oc3ccc(cc3)[C@H](O)[C@@H](C(=O)N2C)N(C)C1=O. The normalized spacial score (nSPS) is 25.8. The standard InChI is InChI=1S/C39H46N6O11/c1-19-34(50)41-20(2)37(53)43(4)26(15-22-7-13-28(46)30(48)17-22)36(52)42-21(3)38(54)45(6)32-33(49)24-9-11-25(12-10-24)56-31-18-23(8-14-29(31)47)16-27(35(51)40-19)44(5)39(32)55/h7-14,17-21,26-27,32-33,46-49H,15-16H2,1-6H3,(H,40,51)(H,41,50)(H,42,52)/t19-,20+,21+,26+,27+,32+,33+/m1/s1. The van der Waals surface area contributed by atoms with Gasteiger partial charge in [-0.25, -0.2) is 0 Å². The van der Waals surface area contributed by atoms with E-state index in [1.54, 1.807) is 0 Å². The molecule has 0 unspecified atom stereocenters. The number of aliphatic hydroxyl groups is 1. The van der Waals surface area contributed by atoms with E-state index in [0.717, 1.165) is 14.7 Å². The number of aromatic hydroxyl groups is 3. The molecule has 17 heteroatoms. The minimum Gasteiger partial charge on any atom is -0.504 e. The second kappa shape index (κ2) is 16.6. The molecular formula is C39H46N6O11. The number of nitrogens with zero attached hydrogens (tertiary/aromatic N) is 3. The molecule has 0 radical (unpaired) electrons. The number of nitrogens with one attached hydrogen (secondary N) is 3. The first kappa shape index (κ1) is 40.8. The molecule has 0 spiro atoms. The molecule has 17 nitrogen and oxygen atoms in total. The third kappa shape index (κ3) is 8.62. The van der Waals surface area contributed by atoms with Gasteiger partial charge in [0.25, 0.3) is 0 Å². The quantitative estimate of drug-likeness (QED) is 0.176. The molecule has 56 heavy (non-hydrogen) atoms. The lowest BCUT2D eigenvalue weighted by Gasteiger charge is -2.38. The Labute approximate surface area is 322 Å². The summed E-state index contributed by atoms with van der Waals surface area (Å²) in [5, 5.41) is 50.1. The highest BCUT2D eigenvalue weighted by Gasteiger charge is 2.42. The van der Waals surface area contributed by atoms with Crippen LogP contribution in [0.15, 0.2) is 60.7 Å². The Hall–Kier alpha value is -6.36. The predicted octanol–water partition coefficient (Wildman–Crippen LogP) is 0.437. The van der Waals surface area contributed by atoms with Crippen LogP contribution in [0.4, 0.5) is 0 Å². The Balaban J connectivity index is 1.61. The van der Waals surface area contributed by atoms with Crippen molar-refractivity contribution in [1.29, 1.82) is 0 Å². The maximum atomic E-state index is 14.6. The van der Waals surface area contributed by atoms with E-state index < -0.39 is 89.3 Å². The molecule has 6 rings (SSSR count). The molecule has 6 amide bonds. The Bertz CT molecular complexity index is 2020. The minimum absolute atomic E-state index is 0.0569. The molecule has 7 atom stereocenters. The maximum Gasteiger partial charge on any atom is 0.248 e. The largest absolute Gasteiger partial charge is 0.504 e. The van der Waals surface area contributed by atoms with Gasteiger partial charge in [0, 0.05) is 34.0 Å². The smallest absolute Gasteiger partial charge is 0.248 e. The van der Waals surface area contributed by atoms with Crippen LogP contribution in [0.2, 0.25) is 0 Å². The molecule has 1 fully saturated rings. The fourth-order valence-electron chi connectivity index (χ4n) is 6.69. The molecule has 298 valence electrons. The fourth-order valence-corrected chi connectivity index (χ4v) is 6.69. The number of benzene rings is 3. The molecule has 3 aromatic rings. The van der Waals surface area contributed by atoms with Gasteiger partial charge in [0.15, 0.2) is 23.0 Å². The van der Waals surface area contributed by atoms with Crippen molar-refractivity contribution in [2.75, 3.05) is 21.1 Å². The summed E-state index contributed by atoms with van der Waals surface area (Å²) in [7, 11) is 3.91. The summed E-state index contributed by atoms with van der Waals surface area (Å²) < 4.78 is 5.90. The zero-order chi connectivity index (χ0) is 41.2. The van der Waals surface area contributed by atoms with E-state index in [1.807, 2.05) is 0 Å². The summed E-state index contributed by atoms with van der Waals surface area (Å²) in [6, 6.07) is 6.07. The molecule has 3 aromatic carbocycles. The van der Waals surface area contributed by atoms with Crippen LogP contribution in [0.3, 0.4) is 0 Å². The summed E-state index contributed by atoms with van der Waals surface area (Å²) in [6.07, 6.45) is -2.03. The van der Waals surface area contributed by atoms with E-state index in [2.05, 4.69) is 16.0 Å². The third-order valence-corrected chi connectivity index (χ3v) is 10.1. The summed E-state index contributed by atoms with van der Waals surface area (Å²) in [5.74, 6) is -5.46. The maximum absolute atomic E-state index is 14.6. The lowest BCUT2D eigenvalue weighted by atomic mass is 9.96. The second-order valence-corrected chi connectivity index (χ2v) is 14.2. The van der Waals surface area contributed by atoms with Gasteiger partial charge >= 0.3 is 0 Å². The lowest BCUT2D eigenvalue weighted by molar-refractivity contribution is -0.153. The van der Waals surface area contributed by atoms with Crippen LogP contribution in [-0.2, 0) is 41.6 Å². The molecule has 3 aliphatic heterocycles. The molecule has 3 heterocycles. The molecular weight excluding hydrogens is 728 g/mol. The molecule has 3 aliphatic rings. The number of amides is 6. The van der Waals surface area contributed by atoms with Crippen LogP contribution in [0, 0.1) is 0 Å². The van der Waals surface area contributed by atoms with Crippen molar-refractivity contribution in [1.82, 2.24) is 30.7 Å². The van der Waals surface area contributed by atoms with E-state index in [4.69, 9.17) is 4.74 Å². The number of carbonyl (C=O) groups excluding carboxylic acids is 6. The number of likely N-dealkylation sites (N-methyl/N-ethyl adjacent to an activating group) is 3. The van der Waals surface area contributed by atoms with Gasteiger partial charge in [-0.1, -0.05) is 24.3 Å². The van der Waals surface area contributed by atoms with Gasteiger partial charge in [0.1, 0.15) is 48.1 Å². The molecule has 7 N–H and O–H groups in total. The minimum atomic E-state index is -1.68. The first-order valence-electron chi connectivity index (χ1n) is 17.9. The highest BCUT2D eigenvalue weighted by Crippen LogP contribution is 2.34. The van der Waals surface area contributed by atoms with E-state index >= 15 is 0 Å². The van der Waals surface area contributed by atoms with Crippen molar-refractivity contribution in [3.8, 4) is 28.7 Å². The topological polar surface area (TPSA) is 238 Å². The van der Waals surface area contributed by atoms with Crippen molar-refractivity contribution in [2.45, 2.75) is 76.0 Å². The zero-order valence-electron chi connectivity index (χ0n) is 31.7. The third-order valence-electron chi connectivity index (χ3n) is 10.1. The molecule has 0 aromatic heterocycles. The van der Waals surface area contributed by atoms with Crippen LogP contribution >= 0.6 is 0 Å². The molecule has 6 bridgehead atoms. The van der Waals surface area contributed by atoms with Gasteiger partial charge in [-0.15, -0.1) is 0 Å². The summed E-state index contributed by atoms with van der Waals surface area (Å²) >= 11 is 0. The Morgan fingerprint density at radius 3 is 1.88 bits per heavy atom. The van der Waals surface area contributed by atoms with Crippen molar-refractivity contribution in [3.05, 3.63) is 77.4 Å². The van der Waals surface area contributed by atoms with Crippen molar-refractivity contribution in [3.63, 3.8) is 0 Å². The number of carbonyl (C=O) groups is 6. The Morgan fingerprint density at radius 1 is 0.643 bits per heavy atom. The predicted molar refractivity (Wildman–Crippen MR) is 199 cm³/mol. The van der Waals surface area contributed by atoms with E-state index in [1.165, 1.54) is 103 Å². The van der Waals surface area contributed by atoms with Crippen molar-refractivity contribution in [2.24, 2.45) is 0 Å². The van der Waals surface area contributed by atoms with Crippen molar-refractivity contribution >= 4 is 35.4 Å². The highest BCUT2D eigenvalue weighted by molar-refractivity contribution is 5.98. The zero-order valence-corrected chi connectivity index (χ0v) is 31.7. The lowest BCUT2D eigenvalue weighted by Crippen LogP contribution is -2.62. The van der Waals surface area contributed by atoms with E-state index in [9.17, 15) is 49.2 Å². The number of phenols is 3. The number of ether oxygens (including phenoxy) is 1. The first-order chi connectivity index (χ1) is 26.4. The average Bonchev–Trinajstić information content (AvgIpc) is 3.16. The van der Waals surface area contributed by atoms with Crippen LogP contribution < -0.4 is 20.7 Å². The van der Waals surface area contributed by atoms with Crippen molar-refractivity contribution < 1.29 is 53.9 Å². The number of fused-ring (bicyclic) bond motifs is 2. The monoisotopic (exact) mass is 774 g/mol. The molecule has 0 aliphatic carbocycles. The van der Waals surface area contributed by atoms with Crippen LogP contribution in [0.1, 0.15) is 43.6 Å². The van der Waals surface area contributed by atoms with Gasteiger partial charge in [-0.05, 0) is 73.9 Å². The van der Waals surface area contributed by atoms with Crippen LogP contribution in [0.25, 0.3) is 0 Å². The number of phenolic OH excluding ortho intramolecular Hbond substituents is 3. The average molecular weight is 775 g/mol. The van der Waals surface area contributed by atoms with Gasteiger partial charge in [-0.3, -0.25) is 28.8 Å². The van der Waals surface area contributed by atoms with E-state index in [0.29, 0.717) is 11.1 Å². The highest BCUT2D eigenvalue weighted by atomic mass is 16.5. The van der Waals surface area contributed by atoms with E-state index in [-0.39, 0.29) is 35.7 Å².